The third-order valence-corrected chi connectivity index (χ3v) is 6.09. The molecule has 170 valence electrons. The summed E-state index contributed by atoms with van der Waals surface area (Å²) in [6.45, 7) is 0.938. The van der Waals surface area contributed by atoms with Gasteiger partial charge in [0.25, 0.3) is 5.91 Å². The van der Waals surface area contributed by atoms with Crippen molar-refractivity contribution in [1.82, 2.24) is 0 Å². The van der Waals surface area contributed by atoms with E-state index in [1.807, 2.05) is 0 Å². The van der Waals surface area contributed by atoms with Crippen LogP contribution in [0.25, 0.3) is 0 Å². The zero-order chi connectivity index (χ0) is 23.5. The number of rotatable bonds is 6. The number of Topliss-reactive ketones (excluding diaryl/α,β-unsaturated/α-hetero) is 1. The molecule has 2 atom stereocenters. The van der Waals surface area contributed by atoms with Gasteiger partial charge in [-0.15, -0.1) is 0 Å². The quantitative estimate of drug-likeness (QED) is 0.412. The molecule has 4 rings (SSSR count). The number of amides is 3. The van der Waals surface area contributed by atoms with Crippen molar-refractivity contribution in [3.63, 3.8) is 0 Å². The number of nitrogens with zero attached hydrogens (tertiary/aromatic N) is 1. The van der Waals surface area contributed by atoms with Crippen LogP contribution in [0.2, 0.25) is 0 Å². The number of imide groups is 1. The van der Waals surface area contributed by atoms with Crippen molar-refractivity contribution in [2.45, 2.75) is 32.6 Å². The van der Waals surface area contributed by atoms with Gasteiger partial charge in [-0.3, -0.25) is 24.1 Å². The smallest absolute Gasteiger partial charge is 0.338 e. The van der Waals surface area contributed by atoms with E-state index in [1.165, 1.54) is 24.0 Å². The highest BCUT2D eigenvalue weighted by atomic mass is 16.5. The lowest BCUT2D eigenvalue weighted by Gasteiger charge is -2.19. The highest BCUT2D eigenvalue weighted by Crippen LogP contribution is 2.40. The molecule has 2 fully saturated rings. The molecule has 2 aromatic rings. The minimum absolute atomic E-state index is 0.0832. The van der Waals surface area contributed by atoms with Gasteiger partial charge in [0.15, 0.2) is 12.4 Å². The van der Waals surface area contributed by atoms with E-state index in [1.54, 1.807) is 36.4 Å². The lowest BCUT2D eigenvalue weighted by molar-refractivity contribution is -0.122. The summed E-state index contributed by atoms with van der Waals surface area (Å²) in [6.07, 6.45) is 3.28. The van der Waals surface area contributed by atoms with E-state index in [-0.39, 0.29) is 35.0 Å². The molecule has 1 aliphatic heterocycles. The number of fused-ring (bicyclic) bond motifs is 1. The molecule has 1 saturated carbocycles. The van der Waals surface area contributed by atoms with Crippen LogP contribution in [0.3, 0.4) is 0 Å². The second-order valence-electron chi connectivity index (χ2n) is 8.32. The largest absolute Gasteiger partial charge is 0.452 e. The third-order valence-electron chi connectivity index (χ3n) is 6.09. The Labute approximate surface area is 190 Å². The maximum absolute atomic E-state index is 12.8. The first-order valence-corrected chi connectivity index (χ1v) is 10.9. The summed E-state index contributed by atoms with van der Waals surface area (Å²) < 4.78 is 5.10. The monoisotopic (exact) mass is 448 g/mol. The fourth-order valence-electron chi connectivity index (χ4n) is 4.39. The van der Waals surface area contributed by atoms with Gasteiger partial charge in [-0.05, 0) is 62.2 Å². The Morgan fingerprint density at radius 1 is 0.939 bits per heavy atom. The molecule has 2 aromatic carbocycles. The highest BCUT2D eigenvalue weighted by Gasteiger charge is 2.48. The van der Waals surface area contributed by atoms with Crippen LogP contribution < -0.4 is 10.2 Å². The van der Waals surface area contributed by atoms with Crippen molar-refractivity contribution in [3.8, 4) is 0 Å². The zero-order valence-electron chi connectivity index (χ0n) is 18.2. The van der Waals surface area contributed by atoms with Crippen LogP contribution in [0.15, 0.2) is 48.5 Å². The number of anilines is 2. The van der Waals surface area contributed by atoms with Crippen LogP contribution >= 0.6 is 0 Å². The van der Waals surface area contributed by atoms with Crippen molar-refractivity contribution in [2.75, 3.05) is 16.8 Å². The van der Waals surface area contributed by atoms with Gasteiger partial charge in [-0.25, -0.2) is 4.79 Å². The molecule has 8 nitrogen and oxygen atoms in total. The van der Waals surface area contributed by atoms with E-state index in [9.17, 15) is 24.0 Å². The number of carbonyl (C=O) groups excluding carboxylic acids is 5. The van der Waals surface area contributed by atoms with Crippen LogP contribution in [0.5, 0.6) is 0 Å². The molecule has 3 amide bonds. The van der Waals surface area contributed by atoms with Crippen molar-refractivity contribution in [2.24, 2.45) is 11.8 Å². The topological polar surface area (TPSA) is 110 Å². The summed E-state index contributed by atoms with van der Waals surface area (Å²) in [5, 5.41) is 2.59. The summed E-state index contributed by atoms with van der Waals surface area (Å²) in [7, 11) is 0. The predicted octanol–water partition coefficient (Wildman–Crippen LogP) is 3.36. The van der Waals surface area contributed by atoms with Gasteiger partial charge in [-0.1, -0.05) is 18.9 Å². The first-order chi connectivity index (χ1) is 15.8. The van der Waals surface area contributed by atoms with E-state index in [0.29, 0.717) is 29.8 Å². The van der Waals surface area contributed by atoms with Crippen LogP contribution in [0.4, 0.5) is 11.4 Å². The SMILES string of the molecule is CC(=O)c1ccc(NC(=O)COC(=O)c2cccc(N3C(=O)[C@H]4CCCC[C@@H]4C3=O)c2)cc1. The minimum Gasteiger partial charge on any atom is -0.452 e. The Kier molecular flexibility index (Phi) is 6.35. The summed E-state index contributed by atoms with van der Waals surface area (Å²) in [6, 6.07) is 12.5. The third kappa shape index (κ3) is 4.69. The average Bonchev–Trinajstić information content (AvgIpc) is 3.08. The Morgan fingerprint density at radius 2 is 1.58 bits per heavy atom. The number of nitrogens with one attached hydrogen (secondary N) is 1. The molecule has 33 heavy (non-hydrogen) atoms. The van der Waals surface area contributed by atoms with Crippen LogP contribution in [-0.2, 0) is 19.1 Å². The van der Waals surface area contributed by atoms with Crippen LogP contribution in [-0.4, -0.2) is 36.1 Å². The standard InChI is InChI=1S/C25H24N2O6/c1-15(28)16-9-11-18(12-10-16)26-22(29)14-33-25(32)17-5-4-6-19(13-17)27-23(30)20-7-2-3-8-21(20)24(27)31/h4-6,9-13,20-21H,2-3,7-8,14H2,1H3,(H,26,29)/t20-,21-/m0/s1. The highest BCUT2D eigenvalue weighted by molar-refractivity contribution is 6.22. The lowest BCUT2D eigenvalue weighted by atomic mass is 9.81. The Morgan fingerprint density at radius 3 is 2.18 bits per heavy atom. The summed E-state index contributed by atoms with van der Waals surface area (Å²) in [5.41, 5.74) is 1.47. The molecule has 0 spiro atoms. The zero-order valence-corrected chi connectivity index (χ0v) is 18.2. The van der Waals surface area contributed by atoms with Gasteiger partial charge in [-0.2, -0.15) is 0 Å². The predicted molar refractivity (Wildman–Crippen MR) is 120 cm³/mol. The number of carbonyl (C=O) groups is 5. The van der Waals surface area contributed by atoms with Gasteiger partial charge in [0.05, 0.1) is 23.1 Å². The van der Waals surface area contributed by atoms with E-state index < -0.39 is 18.5 Å². The second kappa shape index (κ2) is 9.36. The molecule has 0 radical (unpaired) electrons. The molecule has 8 heteroatoms. The molecule has 1 saturated heterocycles. The number of ether oxygens (including phenoxy) is 1. The molecule has 1 N–H and O–H groups in total. The van der Waals surface area contributed by atoms with Gasteiger partial charge in [0, 0.05) is 11.3 Å². The van der Waals surface area contributed by atoms with Crippen molar-refractivity contribution in [1.29, 1.82) is 0 Å². The second-order valence-corrected chi connectivity index (χ2v) is 8.32. The number of hydrogen-bond donors (Lipinski definition) is 1. The maximum atomic E-state index is 12.8. The fourth-order valence-corrected chi connectivity index (χ4v) is 4.39. The van der Waals surface area contributed by atoms with E-state index >= 15 is 0 Å². The van der Waals surface area contributed by atoms with Gasteiger partial charge in [0.2, 0.25) is 11.8 Å². The summed E-state index contributed by atoms with van der Waals surface area (Å²) >= 11 is 0. The number of hydrogen-bond acceptors (Lipinski definition) is 6. The number of ketones is 1. The molecule has 0 unspecified atom stereocenters. The number of benzene rings is 2. The van der Waals surface area contributed by atoms with Gasteiger partial charge >= 0.3 is 5.97 Å². The molecule has 0 aromatic heterocycles. The molecule has 1 heterocycles. The van der Waals surface area contributed by atoms with Crippen molar-refractivity contribution < 1.29 is 28.7 Å². The molecule has 2 aliphatic rings. The first kappa shape index (κ1) is 22.4. The fraction of sp³-hybridized carbons (Fsp3) is 0.320. The normalized spacial score (nSPS) is 19.7. The first-order valence-electron chi connectivity index (χ1n) is 10.9. The van der Waals surface area contributed by atoms with E-state index in [4.69, 9.17) is 4.74 Å². The molecular formula is C25H24N2O6. The minimum atomic E-state index is -0.740. The van der Waals surface area contributed by atoms with Gasteiger partial charge in [0.1, 0.15) is 0 Å². The maximum Gasteiger partial charge on any atom is 0.338 e. The van der Waals surface area contributed by atoms with Crippen LogP contribution in [0, 0.1) is 11.8 Å². The van der Waals surface area contributed by atoms with E-state index in [0.717, 1.165) is 12.8 Å². The molecule has 0 bridgehead atoms. The van der Waals surface area contributed by atoms with Crippen molar-refractivity contribution in [3.05, 3.63) is 59.7 Å². The Bertz CT molecular complexity index is 1100. The number of esters is 1. The molecular weight excluding hydrogens is 424 g/mol. The van der Waals surface area contributed by atoms with E-state index in [2.05, 4.69) is 5.32 Å². The Balaban J connectivity index is 1.38. The lowest BCUT2D eigenvalue weighted by Crippen LogP contribution is -2.31. The summed E-state index contributed by atoms with van der Waals surface area (Å²) in [4.78, 5) is 62.7. The van der Waals surface area contributed by atoms with Crippen molar-refractivity contribution >= 4 is 40.8 Å². The molecule has 1 aliphatic carbocycles. The van der Waals surface area contributed by atoms with Gasteiger partial charge < -0.3 is 10.1 Å². The van der Waals surface area contributed by atoms with Crippen LogP contribution in [0.1, 0.15) is 53.3 Å². The average molecular weight is 448 g/mol. The summed E-state index contributed by atoms with van der Waals surface area (Å²) in [5.74, 6) is -2.36. The Hall–Kier alpha value is -3.81.